The van der Waals surface area contributed by atoms with E-state index in [2.05, 4.69) is 26.0 Å². The van der Waals surface area contributed by atoms with Crippen molar-refractivity contribution in [2.75, 3.05) is 0 Å². The van der Waals surface area contributed by atoms with Gasteiger partial charge >= 0.3 is 11.9 Å². The normalized spacial score (nSPS) is 50.0. The van der Waals surface area contributed by atoms with Gasteiger partial charge in [-0.3, -0.25) is 9.59 Å². The van der Waals surface area contributed by atoms with E-state index in [1.165, 1.54) is 11.1 Å². The Morgan fingerprint density at radius 3 is 1.65 bits per heavy atom. The first kappa shape index (κ1) is 9.63. The summed E-state index contributed by atoms with van der Waals surface area (Å²) in [5.41, 5.74) is 2.83. The molecule has 2 fully saturated rings. The Hall–Kier alpha value is -1.38. The highest BCUT2D eigenvalue weighted by Gasteiger charge is 2.64. The summed E-state index contributed by atoms with van der Waals surface area (Å²) >= 11 is 0. The molecule has 2 bridgehead atoms. The molecule has 1 heterocycles. The molecule has 0 aromatic carbocycles. The van der Waals surface area contributed by atoms with Crippen LogP contribution in [0.4, 0.5) is 0 Å². The van der Waals surface area contributed by atoms with E-state index in [4.69, 9.17) is 4.74 Å². The van der Waals surface area contributed by atoms with Gasteiger partial charge in [-0.15, -0.1) is 0 Å². The third kappa shape index (κ3) is 0.874. The molecule has 0 spiro atoms. The van der Waals surface area contributed by atoms with Crippen LogP contribution in [0, 0.1) is 35.5 Å². The van der Waals surface area contributed by atoms with Crippen molar-refractivity contribution in [3.63, 3.8) is 0 Å². The smallest absolute Gasteiger partial charge is 0.318 e. The molecule has 4 aliphatic carbocycles. The third-order valence-corrected chi connectivity index (χ3v) is 5.36. The van der Waals surface area contributed by atoms with Gasteiger partial charge in [0.2, 0.25) is 0 Å². The molecule has 0 aromatic rings. The van der Waals surface area contributed by atoms with Gasteiger partial charge in [0.1, 0.15) is 0 Å². The molecular formula is C14H14O3. The number of hydrogen-bond acceptors (Lipinski definition) is 3. The molecule has 0 radical (unpaired) electrons. The minimum Gasteiger partial charge on any atom is -0.393 e. The molecule has 3 heteroatoms. The van der Waals surface area contributed by atoms with Crippen LogP contribution in [0.1, 0.15) is 13.8 Å². The van der Waals surface area contributed by atoms with Crippen molar-refractivity contribution in [3.8, 4) is 0 Å². The van der Waals surface area contributed by atoms with Gasteiger partial charge in [0.25, 0.3) is 0 Å². The molecule has 0 N–H and O–H groups in total. The van der Waals surface area contributed by atoms with E-state index in [1.54, 1.807) is 0 Å². The molecule has 1 aliphatic heterocycles. The quantitative estimate of drug-likeness (QED) is 0.361. The minimum absolute atomic E-state index is 0.192. The fraction of sp³-hybridized carbons (Fsp3) is 0.571. The summed E-state index contributed by atoms with van der Waals surface area (Å²) in [6.07, 6.45) is 4.28. The average Bonchev–Trinajstić information content (AvgIpc) is 2.65. The standard InChI is InChI=1S/C14H14O3/c1-5-6(2)10-8-4-3-7(9(5)10)11-12(8)14(16)17-13(11)15/h3-4,7-12H,1-2H3/t7-,8-,9-,10-,11+,12+/m0/s1. The maximum atomic E-state index is 11.8. The van der Waals surface area contributed by atoms with Crippen LogP contribution in [-0.2, 0) is 14.3 Å². The van der Waals surface area contributed by atoms with Crippen molar-refractivity contribution >= 4 is 11.9 Å². The SMILES string of the molecule is CC1=C(C)[C@H]2[C@@H]3C=C[C@H]([C@H]4C(=O)OC(=O)[C@H]34)[C@H]12. The third-order valence-electron chi connectivity index (χ3n) is 5.36. The molecule has 0 amide bonds. The monoisotopic (exact) mass is 230 g/mol. The van der Waals surface area contributed by atoms with Crippen LogP contribution in [0.5, 0.6) is 0 Å². The number of rotatable bonds is 0. The van der Waals surface area contributed by atoms with Gasteiger partial charge < -0.3 is 4.74 Å². The van der Waals surface area contributed by atoms with Crippen LogP contribution in [-0.4, -0.2) is 11.9 Å². The van der Waals surface area contributed by atoms with Crippen LogP contribution in [0.3, 0.4) is 0 Å². The van der Waals surface area contributed by atoms with Crippen molar-refractivity contribution in [2.24, 2.45) is 35.5 Å². The molecule has 5 rings (SSSR count). The summed E-state index contributed by atoms with van der Waals surface area (Å²) in [6.45, 7) is 4.31. The second-order valence-electron chi connectivity index (χ2n) is 5.75. The summed E-state index contributed by atoms with van der Waals surface area (Å²) in [4.78, 5) is 23.6. The highest BCUT2D eigenvalue weighted by atomic mass is 16.6. The number of allylic oxidation sites excluding steroid dienone is 4. The Bertz CT molecular complexity index is 470. The van der Waals surface area contributed by atoms with Crippen molar-refractivity contribution in [2.45, 2.75) is 13.8 Å². The number of hydrogen-bond donors (Lipinski definition) is 0. The Balaban J connectivity index is 1.86. The van der Waals surface area contributed by atoms with Crippen molar-refractivity contribution in [3.05, 3.63) is 23.3 Å². The van der Waals surface area contributed by atoms with Gasteiger partial charge in [-0.2, -0.15) is 0 Å². The Morgan fingerprint density at radius 1 is 0.824 bits per heavy atom. The molecule has 17 heavy (non-hydrogen) atoms. The Kier molecular flexibility index (Phi) is 1.54. The highest BCUT2D eigenvalue weighted by molar-refractivity contribution is 5.98. The molecule has 0 aromatic heterocycles. The van der Waals surface area contributed by atoms with E-state index in [9.17, 15) is 9.59 Å². The van der Waals surface area contributed by atoms with E-state index >= 15 is 0 Å². The van der Waals surface area contributed by atoms with Crippen molar-refractivity contribution in [1.82, 2.24) is 0 Å². The summed E-state index contributed by atoms with van der Waals surface area (Å²) in [5.74, 6) is 0.332. The van der Waals surface area contributed by atoms with Crippen LogP contribution < -0.4 is 0 Å². The van der Waals surface area contributed by atoms with E-state index in [1.807, 2.05) is 0 Å². The molecule has 1 saturated heterocycles. The van der Waals surface area contributed by atoms with E-state index in [0.29, 0.717) is 11.8 Å². The number of cyclic esters (lactones) is 2. The fourth-order valence-corrected chi connectivity index (χ4v) is 4.53. The van der Waals surface area contributed by atoms with Gasteiger partial charge in [0.05, 0.1) is 11.8 Å². The molecule has 1 saturated carbocycles. The molecule has 5 aliphatic rings. The first-order chi connectivity index (χ1) is 8.11. The second kappa shape index (κ2) is 2.71. The summed E-state index contributed by atoms with van der Waals surface area (Å²) in [7, 11) is 0. The first-order valence-electron chi connectivity index (χ1n) is 6.22. The predicted octanol–water partition coefficient (Wildman–Crippen LogP) is 1.70. The van der Waals surface area contributed by atoms with Gasteiger partial charge in [-0.1, -0.05) is 23.3 Å². The Morgan fingerprint density at radius 2 is 1.24 bits per heavy atom. The topological polar surface area (TPSA) is 43.4 Å². The second-order valence-corrected chi connectivity index (χ2v) is 5.75. The molecule has 3 nitrogen and oxygen atoms in total. The summed E-state index contributed by atoms with van der Waals surface area (Å²) < 4.78 is 4.85. The van der Waals surface area contributed by atoms with Crippen LogP contribution in [0.2, 0.25) is 0 Å². The maximum Gasteiger partial charge on any atom is 0.318 e. The molecule has 88 valence electrons. The van der Waals surface area contributed by atoms with Crippen LogP contribution in [0.25, 0.3) is 0 Å². The lowest BCUT2D eigenvalue weighted by Crippen LogP contribution is -2.54. The van der Waals surface area contributed by atoms with Crippen molar-refractivity contribution in [1.29, 1.82) is 0 Å². The van der Waals surface area contributed by atoms with Gasteiger partial charge in [-0.25, -0.2) is 0 Å². The fourth-order valence-electron chi connectivity index (χ4n) is 4.53. The number of ether oxygens (including phenoxy) is 1. The largest absolute Gasteiger partial charge is 0.393 e. The van der Waals surface area contributed by atoms with Gasteiger partial charge in [0.15, 0.2) is 0 Å². The predicted molar refractivity (Wildman–Crippen MR) is 59.6 cm³/mol. The lowest BCUT2D eigenvalue weighted by Gasteiger charge is -2.56. The van der Waals surface area contributed by atoms with Crippen LogP contribution in [0.15, 0.2) is 23.3 Å². The first-order valence-corrected chi connectivity index (χ1v) is 6.22. The highest BCUT2D eigenvalue weighted by Crippen LogP contribution is 2.63. The maximum absolute atomic E-state index is 11.8. The number of carbonyl (C=O) groups is 2. The number of carbonyl (C=O) groups excluding carboxylic acids is 2. The zero-order valence-electron chi connectivity index (χ0n) is 9.84. The van der Waals surface area contributed by atoms with E-state index in [-0.39, 0.29) is 35.6 Å². The zero-order valence-corrected chi connectivity index (χ0v) is 9.84. The zero-order chi connectivity index (χ0) is 11.9. The van der Waals surface area contributed by atoms with Gasteiger partial charge in [-0.05, 0) is 37.5 Å². The van der Waals surface area contributed by atoms with E-state index < -0.39 is 0 Å². The average molecular weight is 230 g/mol. The molecular weight excluding hydrogens is 216 g/mol. The summed E-state index contributed by atoms with van der Waals surface area (Å²) in [5, 5.41) is 0. The minimum atomic E-state index is -0.296. The lowest BCUT2D eigenvalue weighted by atomic mass is 9.46. The molecule has 6 atom stereocenters. The lowest BCUT2D eigenvalue weighted by molar-refractivity contribution is -0.154. The Labute approximate surface area is 99.5 Å². The van der Waals surface area contributed by atoms with Gasteiger partial charge in [0, 0.05) is 0 Å². The molecule has 0 unspecified atom stereocenters. The van der Waals surface area contributed by atoms with E-state index in [0.717, 1.165) is 0 Å². The number of esters is 2. The summed E-state index contributed by atoms with van der Waals surface area (Å²) in [6, 6.07) is 0. The van der Waals surface area contributed by atoms with Crippen molar-refractivity contribution < 1.29 is 14.3 Å². The van der Waals surface area contributed by atoms with Crippen LogP contribution >= 0.6 is 0 Å².